The molecule has 1 aliphatic rings. The van der Waals surface area contributed by atoms with E-state index in [1.54, 1.807) is 17.0 Å². The van der Waals surface area contributed by atoms with Crippen LogP contribution in [0.1, 0.15) is 6.42 Å². The lowest BCUT2D eigenvalue weighted by Crippen LogP contribution is -2.49. The molecule has 1 amide bonds. The van der Waals surface area contributed by atoms with Crippen molar-refractivity contribution in [2.45, 2.75) is 6.42 Å². The van der Waals surface area contributed by atoms with Crippen molar-refractivity contribution in [2.75, 3.05) is 31.1 Å². The number of hydrogen-bond acceptors (Lipinski definition) is 3. The van der Waals surface area contributed by atoms with Gasteiger partial charge >= 0.3 is 0 Å². The van der Waals surface area contributed by atoms with Crippen LogP contribution < -0.4 is 10.6 Å². The summed E-state index contributed by atoms with van der Waals surface area (Å²) in [6, 6.07) is 6.34. The minimum Gasteiger partial charge on any atom is -0.387 e. The van der Waals surface area contributed by atoms with Crippen molar-refractivity contribution in [1.29, 1.82) is 5.41 Å². The van der Waals surface area contributed by atoms with Gasteiger partial charge in [0.25, 0.3) is 0 Å². The number of nitrogens with zero attached hydrogens (tertiary/aromatic N) is 2. The van der Waals surface area contributed by atoms with E-state index >= 15 is 0 Å². The molecule has 0 atom stereocenters. The summed E-state index contributed by atoms with van der Waals surface area (Å²) in [7, 11) is 0. The summed E-state index contributed by atoms with van der Waals surface area (Å²) >= 11 is 0. The van der Waals surface area contributed by atoms with E-state index in [0.717, 1.165) is 5.69 Å². The molecule has 3 N–H and O–H groups in total. The number of amides is 1. The molecule has 1 heterocycles. The highest BCUT2D eigenvalue weighted by Crippen LogP contribution is 2.17. The van der Waals surface area contributed by atoms with Crippen LogP contribution in [0.5, 0.6) is 0 Å². The molecule has 0 radical (unpaired) electrons. The van der Waals surface area contributed by atoms with Crippen LogP contribution in [-0.4, -0.2) is 42.8 Å². The lowest BCUT2D eigenvalue weighted by Gasteiger charge is -2.36. The van der Waals surface area contributed by atoms with E-state index in [0.29, 0.717) is 26.2 Å². The van der Waals surface area contributed by atoms with Crippen LogP contribution in [0.15, 0.2) is 24.3 Å². The van der Waals surface area contributed by atoms with Gasteiger partial charge in [-0.05, 0) is 24.3 Å². The first-order chi connectivity index (χ1) is 9.06. The molecular formula is C13H17FN4O. The van der Waals surface area contributed by atoms with Crippen LogP contribution in [0.4, 0.5) is 10.1 Å². The third kappa shape index (κ3) is 3.43. The fraction of sp³-hybridized carbons (Fsp3) is 0.385. The second kappa shape index (κ2) is 5.69. The Kier molecular flexibility index (Phi) is 3.99. The van der Waals surface area contributed by atoms with Gasteiger partial charge in [-0.2, -0.15) is 0 Å². The normalized spacial score (nSPS) is 15.4. The molecule has 0 aromatic heterocycles. The average molecular weight is 264 g/mol. The fourth-order valence-electron chi connectivity index (χ4n) is 2.14. The molecule has 1 saturated heterocycles. The van der Waals surface area contributed by atoms with Crippen molar-refractivity contribution >= 4 is 17.4 Å². The number of anilines is 1. The number of nitrogens with one attached hydrogen (secondary N) is 1. The molecule has 102 valence electrons. The predicted octanol–water partition coefficient (Wildman–Crippen LogP) is 0.800. The van der Waals surface area contributed by atoms with Crippen molar-refractivity contribution in [3.05, 3.63) is 30.1 Å². The molecule has 2 rings (SSSR count). The number of nitrogens with two attached hydrogens (primary N) is 1. The molecule has 0 bridgehead atoms. The lowest BCUT2D eigenvalue weighted by molar-refractivity contribution is -0.130. The van der Waals surface area contributed by atoms with Crippen LogP contribution >= 0.6 is 0 Å². The van der Waals surface area contributed by atoms with Gasteiger partial charge in [0.1, 0.15) is 5.82 Å². The van der Waals surface area contributed by atoms with Gasteiger partial charge in [0.15, 0.2) is 0 Å². The van der Waals surface area contributed by atoms with Crippen molar-refractivity contribution in [3.63, 3.8) is 0 Å². The third-order valence-corrected chi connectivity index (χ3v) is 3.17. The Morgan fingerprint density at radius 2 is 1.79 bits per heavy atom. The van der Waals surface area contributed by atoms with E-state index in [-0.39, 0.29) is 24.0 Å². The van der Waals surface area contributed by atoms with Gasteiger partial charge in [0, 0.05) is 31.9 Å². The fourth-order valence-corrected chi connectivity index (χ4v) is 2.14. The Hall–Kier alpha value is -2.11. The number of halogens is 1. The number of benzene rings is 1. The van der Waals surface area contributed by atoms with Crippen LogP contribution in [0.25, 0.3) is 0 Å². The summed E-state index contributed by atoms with van der Waals surface area (Å²) in [6.45, 7) is 2.61. The van der Waals surface area contributed by atoms with Crippen LogP contribution in [0, 0.1) is 11.2 Å². The number of hydrogen-bond donors (Lipinski definition) is 2. The van der Waals surface area contributed by atoms with Crippen molar-refractivity contribution in [1.82, 2.24) is 4.90 Å². The van der Waals surface area contributed by atoms with Crippen molar-refractivity contribution in [2.24, 2.45) is 5.73 Å². The van der Waals surface area contributed by atoms with Gasteiger partial charge in [0.2, 0.25) is 5.91 Å². The number of carbonyl (C=O) groups excluding carboxylic acids is 1. The smallest absolute Gasteiger partial charge is 0.230 e. The molecule has 1 fully saturated rings. The van der Waals surface area contributed by atoms with Gasteiger partial charge in [-0.3, -0.25) is 10.2 Å². The van der Waals surface area contributed by atoms with E-state index in [1.807, 2.05) is 0 Å². The maximum absolute atomic E-state index is 12.8. The van der Waals surface area contributed by atoms with Crippen LogP contribution in [0.3, 0.4) is 0 Å². The predicted molar refractivity (Wildman–Crippen MR) is 71.7 cm³/mol. The number of rotatable bonds is 3. The molecule has 1 aromatic carbocycles. The van der Waals surface area contributed by atoms with Gasteiger partial charge in [-0.1, -0.05) is 0 Å². The largest absolute Gasteiger partial charge is 0.387 e. The molecule has 0 unspecified atom stereocenters. The quantitative estimate of drug-likeness (QED) is 0.626. The van der Waals surface area contributed by atoms with Crippen molar-refractivity contribution < 1.29 is 9.18 Å². The van der Waals surface area contributed by atoms with E-state index in [9.17, 15) is 9.18 Å². The molecule has 1 aliphatic heterocycles. The highest BCUT2D eigenvalue weighted by molar-refractivity contribution is 5.97. The van der Waals surface area contributed by atoms with Crippen molar-refractivity contribution in [3.8, 4) is 0 Å². The van der Waals surface area contributed by atoms with E-state index in [2.05, 4.69) is 4.90 Å². The molecule has 5 nitrogen and oxygen atoms in total. The van der Waals surface area contributed by atoms with Crippen LogP contribution in [0.2, 0.25) is 0 Å². The standard InChI is InChI=1S/C13H17FN4O/c14-10-1-3-11(4-2-10)17-5-7-18(8-6-17)13(19)9-12(15)16/h1-4H,5-9H2,(H3,15,16). The Morgan fingerprint density at radius 3 is 2.32 bits per heavy atom. The second-order valence-electron chi connectivity index (χ2n) is 4.55. The summed E-state index contributed by atoms with van der Waals surface area (Å²) in [5.74, 6) is -0.462. The van der Waals surface area contributed by atoms with E-state index in [4.69, 9.17) is 11.1 Å². The summed E-state index contributed by atoms with van der Waals surface area (Å²) in [6.07, 6.45) is -0.0173. The maximum atomic E-state index is 12.8. The lowest BCUT2D eigenvalue weighted by atomic mass is 10.2. The second-order valence-corrected chi connectivity index (χ2v) is 4.55. The Labute approximate surface area is 111 Å². The van der Waals surface area contributed by atoms with Gasteiger partial charge in [-0.15, -0.1) is 0 Å². The van der Waals surface area contributed by atoms with Gasteiger partial charge < -0.3 is 15.5 Å². The summed E-state index contributed by atoms with van der Waals surface area (Å²) in [5, 5.41) is 7.12. The zero-order chi connectivity index (χ0) is 13.8. The Morgan fingerprint density at radius 1 is 1.21 bits per heavy atom. The minimum absolute atomic E-state index is 0.0173. The maximum Gasteiger partial charge on any atom is 0.230 e. The first kappa shape index (κ1) is 13.3. The molecule has 0 spiro atoms. The van der Waals surface area contributed by atoms with Crippen LogP contribution in [-0.2, 0) is 4.79 Å². The summed E-state index contributed by atoms with van der Waals surface area (Å²) in [5.41, 5.74) is 6.18. The Bertz CT molecular complexity index is 466. The SMILES string of the molecule is N=C(N)CC(=O)N1CCN(c2ccc(F)cc2)CC1. The summed E-state index contributed by atoms with van der Waals surface area (Å²) in [4.78, 5) is 15.6. The number of piperazine rings is 1. The Balaban J connectivity index is 1.90. The molecule has 19 heavy (non-hydrogen) atoms. The van der Waals surface area contributed by atoms with Gasteiger partial charge in [-0.25, -0.2) is 4.39 Å². The third-order valence-electron chi connectivity index (χ3n) is 3.17. The zero-order valence-electron chi connectivity index (χ0n) is 10.6. The molecule has 6 heteroatoms. The number of carbonyl (C=O) groups is 1. The topological polar surface area (TPSA) is 73.4 Å². The minimum atomic E-state index is -0.251. The summed E-state index contributed by atoms with van der Waals surface area (Å²) < 4.78 is 12.8. The van der Waals surface area contributed by atoms with Gasteiger partial charge in [0.05, 0.1) is 12.3 Å². The molecule has 0 saturated carbocycles. The zero-order valence-corrected chi connectivity index (χ0v) is 10.6. The average Bonchev–Trinajstić information content (AvgIpc) is 2.39. The molecule has 0 aliphatic carbocycles. The number of amidine groups is 1. The molecule has 1 aromatic rings. The highest BCUT2D eigenvalue weighted by atomic mass is 19.1. The van der Waals surface area contributed by atoms with E-state index < -0.39 is 0 Å². The van der Waals surface area contributed by atoms with E-state index in [1.165, 1.54) is 12.1 Å². The first-order valence-corrected chi connectivity index (χ1v) is 6.17. The monoisotopic (exact) mass is 264 g/mol. The molecular weight excluding hydrogens is 247 g/mol. The highest BCUT2D eigenvalue weighted by Gasteiger charge is 2.21. The first-order valence-electron chi connectivity index (χ1n) is 6.17.